The summed E-state index contributed by atoms with van der Waals surface area (Å²) >= 11 is 0. The van der Waals surface area contributed by atoms with Crippen LogP contribution < -0.4 is 9.47 Å². The molecule has 1 aliphatic carbocycles. The van der Waals surface area contributed by atoms with E-state index in [4.69, 9.17) is 13.9 Å². The Balaban J connectivity index is 1.43. The van der Waals surface area contributed by atoms with Crippen LogP contribution in [0.5, 0.6) is 11.5 Å². The van der Waals surface area contributed by atoms with Gasteiger partial charge >= 0.3 is 0 Å². The van der Waals surface area contributed by atoms with Crippen LogP contribution in [0.4, 0.5) is 0 Å². The molecule has 6 rings (SSSR count). The zero-order chi connectivity index (χ0) is 22.5. The van der Waals surface area contributed by atoms with Gasteiger partial charge in [0.1, 0.15) is 22.7 Å². The van der Waals surface area contributed by atoms with Gasteiger partial charge < -0.3 is 13.9 Å². The largest absolute Gasteiger partial charge is 0.496 e. The summed E-state index contributed by atoms with van der Waals surface area (Å²) in [6, 6.07) is 7.98. The SMILES string of the molecule is COc1cc(-c2cnc3cc(-c4cnn(C)c4)ccn23)cc(OC)c1-c1nnc(C2CC2)o1. The van der Waals surface area contributed by atoms with E-state index >= 15 is 0 Å². The van der Waals surface area contributed by atoms with E-state index in [9.17, 15) is 0 Å². The molecule has 0 amide bonds. The summed E-state index contributed by atoms with van der Waals surface area (Å²) in [5, 5.41) is 12.7. The van der Waals surface area contributed by atoms with Gasteiger partial charge in [-0.3, -0.25) is 9.08 Å². The van der Waals surface area contributed by atoms with Crippen molar-refractivity contribution in [1.29, 1.82) is 0 Å². The number of rotatable bonds is 6. The van der Waals surface area contributed by atoms with E-state index in [2.05, 4.69) is 26.3 Å². The Morgan fingerprint density at radius 1 is 0.970 bits per heavy atom. The molecule has 0 N–H and O–H groups in total. The van der Waals surface area contributed by atoms with Gasteiger partial charge in [0.25, 0.3) is 5.89 Å². The molecule has 9 heteroatoms. The molecule has 4 heterocycles. The maximum Gasteiger partial charge on any atom is 0.255 e. The molecule has 33 heavy (non-hydrogen) atoms. The highest BCUT2D eigenvalue weighted by Crippen LogP contribution is 2.44. The molecule has 5 aromatic rings. The maximum absolute atomic E-state index is 5.93. The highest BCUT2D eigenvalue weighted by atomic mass is 16.5. The molecule has 0 radical (unpaired) electrons. The average molecular weight is 442 g/mol. The Kier molecular flexibility index (Phi) is 4.42. The van der Waals surface area contributed by atoms with Crippen molar-refractivity contribution in [2.75, 3.05) is 14.2 Å². The zero-order valence-corrected chi connectivity index (χ0v) is 18.5. The van der Waals surface area contributed by atoms with Crippen molar-refractivity contribution in [2.24, 2.45) is 7.05 Å². The van der Waals surface area contributed by atoms with E-state index in [1.54, 1.807) is 18.9 Å². The molecule has 0 aliphatic heterocycles. The molecule has 1 fully saturated rings. The lowest BCUT2D eigenvalue weighted by atomic mass is 10.1. The number of hydrogen-bond acceptors (Lipinski definition) is 7. The predicted molar refractivity (Wildman–Crippen MR) is 121 cm³/mol. The van der Waals surface area contributed by atoms with Gasteiger partial charge in [0.05, 0.1) is 32.3 Å². The van der Waals surface area contributed by atoms with E-state index in [1.807, 2.05) is 54.4 Å². The number of pyridine rings is 1. The van der Waals surface area contributed by atoms with Gasteiger partial charge in [0, 0.05) is 36.5 Å². The third-order valence-electron chi connectivity index (χ3n) is 5.93. The van der Waals surface area contributed by atoms with Gasteiger partial charge in [-0.15, -0.1) is 10.2 Å². The van der Waals surface area contributed by atoms with Crippen LogP contribution in [-0.2, 0) is 7.05 Å². The predicted octanol–water partition coefficient (Wildman–Crippen LogP) is 4.35. The molecule has 4 aromatic heterocycles. The lowest BCUT2D eigenvalue weighted by Gasteiger charge is -2.13. The second-order valence-electron chi connectivity index (χ2n) is 8.17. The van der Waals surface area contributed by atoms with Crippen molar-refractivity contribution in [1.82, 2.24) is 29.4 Å². The minimum absolute atomic E-state index is 0.372. The monoisotopic (exact) mass is 442 g/mol. The van der Waals surface area contributed by atoms with Crippen LogP contribution in [0.1, 0.15) is 24.7 Å². The van der Waals surface area contributed by atoms with Crippen LogP contribution in [0.3, 0.4) is 0 Å². The molecule has 9 nitrogen and oxygen atoms in total. The minimum Gasteiger partial charge on any atom is -0.496 e. The van der Waals surface area contributed by atoms with Gasteiger partial charge in [-0.1, -0.05) is 0 Å². The first-order valence-electron chi connectivity index (χ1n) is 10.7. The van der Waals surface area contributed by atoms with Crippen LogP contribution in [0.2, 0.25) is 0 Å². The molecule has 0 unspecified atom stereocenters. The molecule has 0 spiro atoms. The molecular weight excluding hydrogens is 420 g/mol. The Morgan fingerprint density at radius 2 is 1.76 bits per heavy atom. The molecule has 1 saturated carbocycles. The van der Waals surface area contributed by atoms with Crippen LogP contribution in [0, 0.1) is 0 Å². The molecule has 1 aromatic carbocycles. The third kappa shape index (κ3) is 3.32. The lowest BCUT2D eigenvalue weighted by molar-refractivity contribution is 0.393. The number of aryl methyl sites for hydroxylation is 1. The Morgan fingerprint density at radius 3 is 2.42 bits per heavy atom. The van der Waals surface area contributed by atoms with Crippen molar-refractivity contribution in [3.8, 4) is 45.3 Å². The van der Waals surface area contributed by atoms with Crippen molar-refractivity contribution < 1.29 is 13.9 Å². The van der Waals surface area contributed by atoms with Crippen molar-refractivity contribution in [3.63, 3.8) is 0 Å². The van der Waals surface area contributed by atoms with Gasteiger partial charge in [-0.2, -0.15) is 5.10 Å². The lowest BCUT2D eigenvalue weighted by Crippen LogP contribution is -1.96. The molecule has 166 valence electrons. The Bertz CT molecular complexity index is 1450. The standard InChI is InChI=1S/C24H22N6O3/c1-29-13-17(11-26-29)15-6-7-30-18(12-25-21(30)10-15)16-8-19(31-2)22(20(9-16)32-3)24-28-27-23(33-24)14-4-5-14/h6-14H,4-5H2,1-3H3. The summed E-state index contributed by atoms with van der Waals surface area (Å²) in [5.41, 5.74) is 5.39. The normalized spacial score (nSPS) is 13.5. The highest BCUT2D eigenvalue weighted by molar-refractivity contribution is 5.79. The van der Waals surface area contributed by atoms with Crippen molar-refractivity contribution in [3.05, 3.63) is 54.9 Å². The number of nitrogens with zero attached hydrogens (tertiary/aromatic N) is 6. The molecule has 0 bridgehead atoms. The van der Waals surface area contributed by atoms with E-state index in [0.717, 1.165) is 40.9 Å². The van der Waals surface area contributed by atoms with E-state index < -0.39 is 0 Å². The number of imidazole rings is 1. The smallest absolute Gasteiger partial charge is 0.255 e. The van der Waals surface area contributed by atoms with E-state index in [-0.39, 0.29) is 0 Å². The third-order valence-corrected chi connectivity index (χ3v) is 5.93. The summed E-state index contributed by atoms with van der Waals surface area (Å²) in [6.07, 6.45) is 9.85. The molecular formula is C24H22N6O3. The second-order valence-corrected chi connectivity index (χ2v) is 8.17. The summed E-state index contributed by atoms with van der Waals surface area (Å²) in [7, 11) is 5.14. The number of hydrogen-bond donors (Lipinski definition) is 0. The highest BCUT2D eigenvalue weighted by Gasteiger charge is 2.31. The fraction of sp³-hybridized carbons (Fsp3) is 0.250. The summed E-state index contributed by atoms with van der Waals surface area (Å²) in [4.78, 5) is 4.62. The minimum atomic E-state index is 0.372. The summed E-state index contributed by atoms with van der Waals surface area (Å²) in [6.45, 7) is 0. The molecule has 1 aliphatic rings. The Hall–Kier alpha value is -4.14. The molecule has 0 saturated heterocycles. The fourth-order valence-electron chi connectivity index (χ4n) is 4.05. The quantitative estimate of drug-likeness (QED) is 0.386. The van der Waals surface area contributed by atoms with Crippen LogP contribution >= 0.6 is 0 Å². The maximum atomic E-state index is 5.93. The van der Waals surface area contributed by atoms with E-state index in [1.165, 1.54) is 0 Å². The number of aromatic nitrogens is 6. The van der Waals surface area contributed by atoms with Gasteiger partial charge in [-0.25, -0.2) is 4.98 Å². The van der Waals surface area contributed by atoms with Crippen LogP contribution in [0.15, 0.2) is 53.5 Å². The van der Waals surface area contributed by atoms with Gasteiger partial charge in [0.2, 0.25) is 5.89 Å². The first-order chi connectivity index (χ1) is 16.1. The second kappa shape index (κ2) is 7.47. The number of benzene rings is 1. The van der Waals surface area contributed by atoms with E-state index in [0.29, 0.717) is 34.8 Å². The van der Waals surface area contributed by atoms with Crippen molar-refractivity contribution >= 4 is 5.65 Å². The number of ether oxygens (including phenoxy) is 2. The van der Waals surface area contributed by atoms with Crippen molar-refractivity contribution in [2.45, 2.75) is 18.8 Å². The first-order valence-corrected chi connectivity index (χ1v) is 10.7. The fourth-order valence-corrected chi connectivity index (χ4v) is 4.05. The van der Waals surface area contributed by atoms with Gasteiger partial charge in [0.15, 0.2) is 0 Å². The number of fused-ring (bicyclic) bond motifs is 1. The van der Waals surface area contributed by atoms with Crippen LogP contribution in [-0.4, -0.2) is 43.6 Å². The zero-order valence-electron chi connectivity index (χ0n) is 18.5. The Labute approximate surface area is 189 Å². The van der Waals surface area contributed by atoms with Gasteiger partial charge in [-0.05, 0) is 42.7 Å². The molecule has 0 atom stereocenters. The summed E-state index contributed by atoms with van der Waals surface area (Å²) < 4.78 is 21.2. The first kappa shape index (κ1) is 19.5. The number of methoxy groups -OCH3 is 2. The van der Waals surface area contributed by atoms with Crippen LogP contribution in [0.25, 0.3) is 39.5 Å². The average Bonchev–Trinajstić information content (AvgIpc) is 3.22. The summed E-state index contributed by atoms with van der Waals surface area (Å²) in [5.74, 6) is 2.63. The topological polar surface area (TPSA) is 92.5 Å².